The Morgan fingerprint density at radius 3 is 2.76 bits per heavy atom. The van der Waals surface area contributed by atoms with Gasteiger partial charge in [0.2, 0.25) is 0 Å². The number of hydrogen-bond donors (Lipinski definition) is 0. The highest BCUT2D eigenvalue weighted by Gasteiger charge is 2.16. The Balaban J connectivity index is 2.38. The number of rotatable bonds is 3. The standard InChI is InChI=1S/C10H6F2N2O3/c11-9(12)10-13-5-8(17-10)6-2-1-3-7(4-6)14(15)16/h1-5,9H. The quantitative estimate of drug-likeness (QED) is 0.610. The smallest absolute Gasteiger partial charge is 0.313 e. The normalized spacial score (nSPS) is 10.8. The van der Waals surface area contributed by atoms with Crippen LogP contribution < -0.4 is 0 Å². The van der Waals surface area contributed by atoms with Crippen LogP contribution in [0.2, 0.25) is 0 Å². The molecule has 2 rings (SSSR count). The molecule has 0 aliphatic heterocycles. The summed E-state index contributed by atoms with van der Waals surface area (Å²) in [5.74, 6) is -0.629. The van der Waals surface area contributed by atoms with Crippen molar-refractivity contribution in [1.82, 2.24) is 4.98 Å². The molecule has 0 radical (unpaired) electrons. The maximum Gasteiger partial charge on any atom is 0.313 e. The minimum atomic E-state index is -2.80. The van der Waals surface area contributed by atoms with Crippen LogP contribution >= 0.6 is 0 Å². The van der Waals surface area contributed by atoms with Crippen LogP contribution in [0.5, 0.6) is 0 Å². The number of nitro groups is 1. The first-order chi connectivity index (χ1) is 8.08. The third kappa shape index (κ3) is 2.27. The molecule has 2 aromatic rings. The van der Waals surface area contributed by atoms with Gasteiger partial charge in [-0.2, -0.15) is 8.78 Å². The maximum atomic E-state index is 12.2. The number of nitrogens with zero attached hydrogens (tertiary/aromatic N) is 2. The number of nitro benzene ring substituents is 1. The highest BCUT2D eigenvalue weighted by atomic mass is 19.3. The molecule has 0 spiro atoms. The van der Waals surface area contributed by atoms with Crippen molar-refractivity contribution in [1.29, 1.82) is 0 Å². The topological polar surface area (TPSA) is 69.2 Å². The molecule has 0 fully saturated rings. The molecule has 0 atom stereocenters. The molecule has 88 valence electrons. The molecule has 0 aliphatic rings. The minimum Gasteiger partial charge on any atom is -0.435 e. The summed E-state index contributed by atoms with van der Waals surface area (Å²) >= 11 is 0. The second-order valence-electron chi connectivity index (χ2n) is 3.17. The summed E-state index contributed by atoms with van der Waals surface area (Å²) in [6.07, 6.45) is -1.69. The summed E-state index contributed by atoms with van der Waals surface area (Å²) in [4.78, 5) is 13.3. The number of benzene rings is 1. The Labute approximate surface area is 93.9 Å². The predicted molar refractivity (Wildman–Crippen MR) is 53.6 cm³/mol. The second kappa shape index (κ2) is 4.28. The number of aromatic nitrogens is 1. The summed E-state index contributed by atoms with van der Waals surface area (Å²) in [6.45, 7) is 0. The fraction of sp³-hybridized carbons (Fsp3) is 0.100. The van der Waals surface area contributed by atoms with Crippen molar-refractivity contribution < 1.29 is 18.1 Å². The number of non-ortho nitro benzene ring substituents is 1. The van der Waals surface area contributed by atoms with Gasteiger partial charge >= 0.3 is 6.43 Å². The highest BCUT2D eigenvalue weighted by Crippen LogP contribution is 2.27. The van der Waals surface area contributed by atoms with E-state index in [9.17, 15) is 18.9 Å². The molecule has 0 unspecified atom stereocenters. The molecule has 1 aromatic heterocycles. The fourth-order valence-electron chi connectivity index (χ4n) is 1.29. The lowest BCUT2D eigenvalue weighted by Crippen LogP contribution is -1.87. The maximum absolute atomic E-state index is 12.2. The Kier molecular flexibility index (Phi) is 2.82. The first-order valence-electron chi connectivity index (χ1n) is 4.56. The van der Waals surface area contributed by atoms with E-state index in [1.165, 1.54) is 24.3 Å². The summed E-state index contributed by atoms with van der Waals surface area (Å²) in [7, 11) is 0. The number of halogens is 2. The lowest BCUT2D eigenvalue weighted by Gasteiger charge is -1.96. The summed E-state index contributed by atoms with van der Waals surface area (Å²) in [5.41, 5.74) is 0.191. The van der Waals surface area contributed by atoms with Gasteiger partial charge in [0.1, 0.15) is 0 Å². The summed E-state index contributed by atoms with van der Waals surface area (Å²) in [6, 6.07) is 5.49. The lowest BCUT2D eigenvalue weighted by atomic mass is 10.2. The average Bonchev–Trinajstić information content (AvgIpc) is 2.78. The van der Waals surface area contributed by atoms with Crippen LogP contribution in [0.1, 0.15) is 12.3 Å². The number of alkyl halides is 2. The number of hydrogen-bond acceptors (Lipinski definition) is 4. The van der Waals surface area contributed by atoms with Gasteiger partial charge in [-0.05, 0) is 0 Å². The zero-order valence-corrected chi connectivity index (χ0v) is 8.34. The average molecular weight is 240 g/mol. The van der Waals surface area contributed by atoms with E-state index in [0.717, 1.165) is 6.20 Å². The van der Waals surface area contributed by atoms with Gasteiger partial charge in [-0.3, -0.25) is 10.1 Å². The summed E-state index contributed by atoms with van der Waals surface area (Å²) in [5, 5.41) is 10.5. The molecule has 0 aliphatic carbocycles. The van der Waals surface area contributed by atoms with Crippen LogP contribution in [-0.4, -0.2) is 9.91 Å². The number of oxazole rings is 1. The largest absolute Gasteiger partial charge is 0.435 e. The Bertz CT molecular complexity index is 554. The van der Waals surface area contributed by atoms with Crippen molar-refractivity contribution in [2.24, 2.45) is 0 Å². The van der Waals surface area contributed by atoms with Crippen molar-refractivity contribution in [3.8, 4) is 11.3 Å². The Hall–Kier alpha value is -2.31. The Morgan fingerprint density at radius 1 is 1.41 bits per heavy atom. The van der Waals surface area contributed by atoms with E-state index in [2.05, 4.69) is 4.98 Å². The molecule has 0 bridgehead atoms. The van der Waals surface area contributed by atoms with E-state index in [1.54, 1.807) is 0 Å². The highest BCUT2D eigenvalue weighted by molar-refractivity contribution is 5.60. The van der Waals surface area contributed by atoms with Crippen LogP contribution in [0.25, 0.3) is 11.3 Å². The van der Waals surface area contributed by atoms with Crippen molar-refractivity contribution in [2.45, 2.75) is 6.43 Å². The lowest BCUT2D eigenvalue weighted by molar-refractivity contribution is -0.384. The molecule has 1 heterocycles. The van der Waals surface area contributed by atoms with Gasteiger partial charge in [-0.25, -0.2) is 4.98 Å². The van der Waals surface area contributed by atoms with Gasteiger partial charge in [0.05, 0.1) is 11.1 Å². The van der Waals surface area contributed by atoms with E-state index >= 15 is 0 Å². The second-order valence-corrected chi connectivity index (χ2v) is 3.17. The zero-order valence-electron chi connectivity index (χ0n) is 8.34. The molecule has 1 aromatic carbocycles. The van der Waals surface area contributed by atoms with Crippen molar-refractivity contribution in [3.05, 3.63) is 46.5 Å². The van der Waals surface area contributed by atoms with Crippen LogP contribution in [0, 0.1) is 10.1 Å². The van der Waals surface area contributed by atoms with Gasteiger partial charge in [0.15, 0.2) is 5.76 Å². The van der Waals surface area contributed by atoms with E-state index in [4.69, 9.17) is 4.42 Å². The van der Waals surface area contributed by atoms with Gasteiger partial charge in [-0.1, -0.05) is 12.1 Å². The Morgan fingerprint density at radius 2 is 2.18 bits per heavy atom. The molecular weight excluding hydrogens is 234 g/mol. The molecular formula is C10H6F2N2O3. The van der Waals surface area contributed by atoms with E-state index < -0.39 is 17.2 Å². The van der Waals surface area contributed by atoms with Crippen LogP contribution in [0.15, 0.2) is 34.9 Å². The van der Waals surface area contributed by atoms with Crippen LogP contribution in [0.3, 0.4) is 0 Å². The molecule has 0 N–H and O–H groups in total. The monoisotopic (exact) mass is 240 g/mol. The summed E-state index contributed by atoms with van der Waals surface area (Å²) < 4.78 is 29.3. The first kappa shape index (κ1) is 11.2. The van der Waals surface area contributed by atoms with Crippen LogP contribution in [0.4, 0.5) is 14.5 Å². The molecule has 0 saturated carbocycles. The molecule has 7 heteroatoms. The van der Waals surface area contributed by atoms with Gasteiger partial charge in [0, 0.05) is 17.7 Å². The van der Waals surface area contributed by atoms with Crippen molar-refractivity contribution in [3.63, 3.8) is 0 Å². The van der Waals surface area contributed by atoms with Crippen molar-refractivity contribution in [2.75, 3.05) is 0 Å². The predicted octanol–water partition coefficient (Wildman–Crippen LogP) is 3.19. The molecule has 5 nitrogen and oxygen atoms in total. The van der Waals surface area contributed by atoms with E-state index in [-0.39, 0.29) is 11.4 Å². The zero-order chi connectivity index (χ0) is 12.4. The van der Waals surface area contributed by atoms with E-state index in [1.807, 2.05) is 0 Å². The van der Waals surface area contributed by atoms with E-state index in [0.29, 0.717) is 5.56 Å². The fourth-order valence-corrected chi connectivity index (χ4v) is 1.29. The SMILES string of the molecule is O=[N+]([O-])c1cccc(-c2cnc(C(F)F)o2)c1. The van der Waals surface area contributed by atoms with Gasteiger partial charge in [0.25, 0.3) is 11.6 Å². The third-order valence-electron chi connectivity index (χ3n) is 2.05. The van der Waals surface area contributed by atoms with Crippen molar-refractivity contribution >= 4 is 5.69 Å². The minimum absolute atomic E-state index is 0.0731. The molecule has 17 heavy (non-hydrogen) atoms. The van der Waals surface area contributed by atoms with Gasteiger partial charge in [-0.15, -0.1) is 0 Å². The van der Waals surface area contributed by atoms with Crippen LogP contribution in [-0.2, 0) is 0 Å². The molecule has 0 saturated heterocycles. The third-order valence-corrected chi connectivity index (χ3v) is 2.05. The van der Waals surface area contributed by atoms with Gasteiger partial charge < -0.3 is 4.42 Å². The molecule has 0 amide bonds. The first-order valence-corrected chi connectivity index (χ1v) is 4.56.